The second-order valence-electron chi connectivity index (χ2n) is 4.06. The molecule has 1 heterocycles. The van der Waals surface area contributed by atoms with Crippen LogP contribution >= 0.6 is 11.8 Å². The van der Waals surface area contributed by atoms with Crippen LogP contribution in [0.15, 0.2) is 11.1 Å². The summed E-state index contributed by atoms with van der Waals surface area (Å²) >= 11 is 1.33. The van der Waals surface area contributed by atoms with Crippen molar-refractivity contribution in [3.63, 3.8) is 0 Å². The Balaban J connectivity index is 2.18. The quantitative estimate of drug-likeness (QED) is 0.776. The van der Waals surface area contributed by atoms with Gasteiger partial charge in [0.2, 0.25) is 0 Å². The molecule has 0 spiro atoms. The highest BCUT2D eigenvalue weighted by Crippen LogP contribution is 2.27. The van der Waals surface area contributed by atoms with Crippen LogP contribution in [-0.2, 0) is 12.8 Å². The van der Waals surface area contributed by atoms with Gasteiger partial charge < -0.3 is 10.2 Å². The van der Waals surface area contributed by atoms with E-state index in [2.05, 4.69) is 11.1 Å². The number of nitrogens with zero attached hydrogens (tertiary/aromatic N) is 2. The Morgan fingerprint density at radius 1 is 1.53 bits per heavy atom. The maximum Gasteiger partial charge on any atom is 0.114 e. The molecule has 1 aromatic heterocycles. The molecule has 1 aliphatic rings. The SMILES string of the molecule is N#Cc1cc2c(nc1SCC(O)CO)CCC2. The van der Waals surface area contributed by atoms with Crippen LogP contribution in [0.2, 0.25) is 0 Å². The lowest BCUT2D eigenvalue weighted by Gasteiger charge is -2.09. The number of hydrogen-bond acceptors (Lipinski definition) is 5. The fraction of sp³-hybridized carbons (Fsp3) is 0.500. The van der Waals surface area contributed by atoms with Gasteiger partial charge in [-0.25, -0.2) is 4.98 Å². The van der Waals surface area contributed by atoms with Crippen LogP contribution in [0.3, 0.4) is 0 Å². The van der Waals surface area contributed by atoms with E-state index in [-0.39, 0.29) is 6.61 Å². The normalized spacial score (nSPS) is 15.4. The van der Waals surface area contributed by atoms with E-state index < -0.39 is 6.10 Å². The number of aliphatic hydroxyl groups is 2. The second-order valence-corrected chi connectivity index (χ2v) is 5.07. The molecule has 0 saturated carbocycles. The van der Waals surface area contributed by atoms with Gasteiger partial charge in [0.1, 0.15) is 11.1 Å². The molecule has 0 aromatic carbocycles. The zero-order chi connectivity index (χ0) is 12.3. The minimum atomic E-state index is -0.762. The monoisotopic (exact) mass is 250 g/mol. The predicted molar refractivity (Wildman–Crippen MR) is 64.8 cm³/mol. The van der Waals surface area contributed by atoms with E-state index in [1.165, 1.54) is 17.3 Å². The average molecular weight is 250 g/mol. The largest absolute Gasteiger partial charge is 0.394 e. The van der Waals surface area contributed by atoms with Gasteiger partial charge in [-0.2, -0.15) is 5.26 Å². The highest BCUT2D eigenvalue weighted by molar-refractivity contribution is 7.99. The lowest BCUT2D eigenvalue weighted by atomic mass is 10.2. The molecule has 0 amide bonds. The number of rotatable bonds is 4. The van der Waals surface area contributed by atoms with Crippen LogP contribution in [0.25, 0.3) is 0 Å². The number of aliphatic hydroxyl groups excluding tert-OH is 2. The van der Waals surface area contributed by atoms with E-state index in [1.807, 2.05) is 6.07 Å². The molecule has 90 valence electrons. The summed E-state index contributed by atoms with van der Waals surface area (Å²) in [5.74, 6) is 0.358. The smallest absolute Gasteiger partial charge is 0.114 e. The summed E-state index contributed by atoms with van der Waals surface area (Å²) in [7, 11) is 0. The highest BCUT2D eigenvalue weighted by Gasteiger charge is 2.17. The Labute approximate surface area is 104 Å². The predicted octanol–water partition coefficient (Wildman–Crippen LogP) is 0.887. The first-order chi connectivity index (χ1) is 8.24. The van der Waals surface area contributed by atoms with Crippen LogP contribution in [-0.4, -0.2) is 33.7 Å². The molecule has 0 bridgehead atoms. The van der Waals surface area contributed by atoms with E-state index in [9.17, 15) is 5.11 Å². The van der Waals surface area contributed by atoms with Gasteiger partial charge in [0.25, 0.3) is 0 Å². The average Bonchev–Trinajstić information content (AvgIpc) is 2.81. The number of thioether (sulfide) groups is 1. The van der Waals surface area contributed by atoms with Gasteiger partial charge in [-0.15, -0.1) is 11.8 Å². The summed E-state index contributed by atoms with van der Waals surface area (Å²) in [6.07, 6.45) is 2.31. The number of aryl methyl sites for hydroxylation is 2. The molecule has 1 unspecified atom stereocenters. The first-order valence-corrected chi connectivity index (χ1v) is 6.57. The third-order valence-electron chi connectivity index (χ3n) is 2.76. The van der Waals surface area contributed by atoms with Crippen molar-refractivity contribution in [1.82, 2.24) is 4.98 Å². The molecule has 1 atom stereocenters. The number of nitriles is 1. The fourth-order valence-corrected chi connectivity index (χ4v) is 2.76. The molecular weight excluding hydrogens is 236 g/mol. The maximum atomic E-state index is 9.29. The third kappa shape index (κ3) is 2.78. The van der Waals surface area contributed by atoms with Crippen LogP contribution in [0.4, 0.5) is 0 Å². The Morgan fingerprint density at radius 3 is 3.06 bits per heavy atom. The Hall–Kier alpha value is -1.09. The Kier molecular flexibility index (Phi) is 4.00. The minimum absolute atomic E-state index is 0.264. The van der Waals surface area contributed by atoms with Gasteiger partial charge >= 0.3 is 0 Å². The van der Waals surface area contributed by atoms with Crippen LogP contribution in [0.1, 0.15) is 23.2 Å². The standard InChI is InChI=1S/C12H14N2O2S/c13-5-9-4-8-2-1-3-11(8)14-12(9)17-7-10(16)6-15/h4,10,15-16H,1-3,6-7H2. The van der Waals surface area contributed by atoms with E-state index in [1.54, 1.807) is 0 Å². The Bertz CT molecular complexity index is 457. The summed E-state index contributed by atoms with van der Waals surface area (Å²) < 4.78 is 0. The Morgan fingerprint density at radius 2 is 2.35 bits per heavy atom. The van der Waals surface area contributed by atoms with E-state index in [0.29, 0.717) is 16.3 Å². The van der Waals surface area contributed by atoms with Crippen molar-refractivity contribution in [2.75, 3.05) is 12.4 Å². The number of hydrogen-bond donors (Lipinski definition) is 2. The van der Waals surface area contributed by atoms with Crippen molar-refractivity contribution in [3.8, 4) is 6.07 Å². The number of aromatic nitrogens is 1. The summed E-state index contributed by atoms with van der Waals surface area (Å²) in [5.41, 5.74) is 2.82. The van der Waals surface area contributed by atoms with Crippen molar-refractivity contribution in [2.45, 2.75) is 30.4 Å². The van der Waals surface area contributed by atoms with E-state index in [4.69, 9.17) is 10.4 Å². The molecule has 0 radical (unpaired) electrons. The summed E-state index contributed by atoms with van der Waals surface area (Å²) in [5, 5.41) is 27.8. The van der Waals surface area contributed by atoms with Gasteiger partial charge in [0.05, 0.1) is 18.3 Å². The van der Waals surface area contributed by atoms with E-state index in [0.717, 1.165) is 25.0 Å². The van der Waals surface area contributed by atoms with Crippen LogP contribution in [0, 0.1) is 11.3 Å². The van der Waals surface area contributed by atoms with Crippen molar-refractivity contribution in [2.24, 2.45) is 0 Å². The zero-order valence-electron chi connectivity index (χ0n) is 9.39. The van der Waals surface area contributed by atoms with E-state index >= 15 is 0 Å². The molecule has 5 heteroatoms. The van der Waals surface area contributed by atoms with Gasteiger partial charge in [-0.3, -0.25) is 0 Å². The number of fused-ring (bicyclic) bond motifs is 1. The van der Waals surface area contributed by atoms with Crippen molar-refractivity contribution in [3.05, 3.63) is 22.9 Å². The lowest BCUT2D eigenvalue weighted by molar-refractivity contribution is 0.113. The molecule has 4 nitrogen and oxygen atoms in total. The minimum Gasteiger partial charge on any atom is -0.394 e. The third-order valence-corrected chi connectivity index (χ3v) is 3.90. The van der Waals surface area contributed by atoms with Crippen LogP contribution < -0.4 is 0 Å². The molecule has 0 saturated heterocycles. The molecular formula is C12H14N2O2S. The topological polar surface area (TPSA) is 77.1 Å². The zero-order valence-corrected chi connectivity index (χ0v) is 10.2. The second kappa shape index (κ2) is 5.50. The fourth-order valence-electron chi connectivity index (χ4n) is 1.87. The molecule has 17 heavy (non-hydrogen) atoms. The summed E-state index contributed by atoms with van der Waals surface area (Å²) in [6, 6.07) is 4.05. The summed E-state index contributed by atoms with van der Waals surface area (Å²) in [6.45, 7) is -0.264. The summed E-state index contributed by atoms with van der Waals surface area (Å²) in [4.78, 5) is 4.48. The number of pyridine rings is 1. The first kappa shape index (κ1) is 12.4. The molecule has 0 aliphatic heterocycles. The van der Waals surface area contributed by atoms with Gasteiger partial charge in [-0.05, 0) is 30.9 Å². The molecule has 1 aliphatic carbocycles. The highest BCUT2D eigenvalue weighted by atomic mass is 32.2. The maximum absolute atomic E-state index is 9.29. The van der Waals surface area contributed by atoms with Crippen LogP contribution in [0.5, 0.6) is 0 Å². The van der Waals surface area contributed by atoms with Crippen molar-refractivity contribution >= 4 is 11.8 Å². The molecule has 1 aromatic rings. The van der Waals surface area contributed by atoms with Gasteiger partial charge in [0.15, 0.2) is 0 Å². The lowest BCUT2D eigenvalue weighted by Crippen LogP contribution is -2.15. The first-order valence-electron chi connectivity index (χ1n) is 5.59. The van der Waals surface area contributed by atoms with Crippen molar-refractivity contribution < 1.29 is 10.2 Å². The van der Waals surface area contributed by atoms with Gasteiger partial charge in [0, 0.05) is 11.4 Å². The molecule has 2 rings (SSSR count). The molecule has 2 N–H and O–H groups in total. The van der Waals surface area contributed by atoms with Gasteiger partial charge in [-0.1, -0.05) is 0 Å². The van der Waals surface area contributed by atoms with Crippen molar-refractivity contribution in [1.29, 1.82) is 5.26 Å². The molecule has 0 fully saturated rings.